The Bertz CT molecular complexity index is 1120. The lowest BCUT2D eigenvalue weighted by Crippen LogP contribution is -2.18. The molecule has 9 heteroatoms. The molecule has 0 aliphatic rings. The second kappa shape index (κ2) is 9.15. The number of aromatic carboxylic acids is 1. The first-order chi connectivity index (χ1) is 14.4. The smallest absolute Gasteiger partial charge is 0.337 e. The average molecular weight is 429 g/mol. The lowest BCUT2D eigenvalue weighted by molar-refractivity contribution is 0.0697. The summed E-state index contributed by atoms with van der Waals surface area (Å²) in [4.78, 5) is 23.6. The molecule has 0 radical (unpaired) electrons. The quantitative estimate of drug-likeness (QED) is 0.433. The summed E-state index contributed by atoms with van der Waals surface area (Å²) >= 11 is 5.88. The van der Waals surface area contributed by atoms with Crippen molar-refractivity contribution in [3.63, 3.8) is 0 Å². The van der Waals surface area contributed by atoms with Crippen molar-refractivity contribution in [3.05, 3.63) is 70.4 Å². The molecule has 0 saturated heterocycles. The number of halogens is 1. The molecule has 2 N–H and O–H groups in total. The van der Waals surface area contributed by atoms with E-state index in [0.717, 1.165) is 0 Å². The van der Waals surface area contributed by atoms with Crippen LogP contribution in [0, 0.1) is 0 Å². The third-order valence-corrected chi connectivity index (χ3v) is 4.45. The van der Waals surface area contributed by atoms with Crippen molar-refractivity contribution >= 4 is 29.7 Å². The van der Waals surface area contributed by atoms with E-state index in [4.69, 9.17) is 25.5 Å². The lowest BCUT2D eigenvalue weighted by atomic mass is 10.1. The van der Waals surface area contributed by atoms with Crippen molar-refractivity contribution in [1.82, 2.24) is 5.43 Å². The maximum atomic E-state index is 12.3. The molecule has 0 aliphatic heterocycles. The van der Waals surface area contributed by atoms with Crippen LogP contribution < -0.4 is 14.9 Å². The molecular formula is C21H17ClN2O6. The summed E-state index contributed by atoms with van der Waals surface area (Å²) in [5, 5.41) is 13.2. The number of carbonyl (C=O) groups is 2. The first-order valence-electron chi connectivity index (χ1n) is 8.61. The van der Waals surface area contributed by atoms with Gasteiger partial charge in [-0.1, -0.05) is 11.6 Å². The van der Waals surface area contributed by atoms with Crippen LogP contribution in [0.4, 0.5) is 0 Å². The van der Waals surface area contributed by atoms with E-state index in [0.29, 0.717) is 28.6 Å². The van der Waals surface area contributed by atoms with Crippen LogP contribution in [0.25, 0.3) is 11.3 Å². The van der Waals surface area contributed by atoms with Gasteiger partial charge >= 0.3 is 5.97 Å². The van der Waals surface area contributed by atoms with Gasteiger partial charge in [-0.2, -0.15) is 5.10 Å². The van der Waals surface area contributed by atoms with Crippen molar-refractivity contribution in [2.24, 2.45) is 5.10 Å². The second-order valence-electron chi connectivity index (χ2n) is 5.97. The highest BCUT2D eigenvalue weighted by atomic mass is 35.5. The Morgan fingerprint density at radius 1 is 1.07 bits per heavy atom. The number of hydrogen-bond donors (Lipinski definition) is 2. The molecule has 0 atom stereocenters. The van der Waals surface area contributed by atoms with Gasteiger partial charge in [0.05, 0.1) is 36.6 Å². The highest BCUT2D eigenvalue weighted by molar-refractivity contribution is 6.33. The van der Waals surface area contributed by atoms with Gasteiger partial charge in [-0.3, -0.25) is 4.79 Å². The van der Waals surface area contributed by atoms with Gasteiger partial charge in [-0.05, 0) is 42.5 Å². The summed E-state index contributed by atoms with van der Waals surface area (Å²) in [5.74, 6) is 0.0911. The van der Waals surface area contributed by atoms with E-state index in [-0.39, 0.29) is 16.1 Å². The van der Waals surface area contributed by atoms with Gasteiger partial charge < -0.3 is 19.0 Å². The Morgan fingerprint density at radius 2 is 1.87 bits per heavy atom. The van der Waals surface area contributed by atoms with Crippen molar-refractivity contribution in [1.29, 1.82) is 0 Å². The first-order valence-corrected chi connectivity index (χ1v) is 8.99. The number of rotatable bonds is 7. The highest BCUT2D eigenvalue weighted by Gasteiger charge is 2.14. The number of carboxylic acids is 1. The van der Waals surface area contributed by atoms with E-state index in [1.807, 2.05) is 0 Å². The zero-order chi connectivity index (χ0) is 21.7. The van der Waals surface area contributed by atoms with E-state index in [1.165, 1.54) is 32.6 Å². The summed E-state index contributed by atoms with van der Waals surface area (Å²) < 4.78 is 15.9. The van der Waals surface area contributed by atoms with Gasteiger partial charge in [0.15, 0.2) is 0 Å². The molecule has 0 saturated carbocycles. The summed E-state index contributed by atoms with van der Waals surface area (Å²) in [5.41, 5.74) is 3.20. The third kappa shape index (κ3) is 4.61. The highest BCUT2D eigenvalue weighted by Crippen LogP contribution is 2.27. The van der Waals surface area contributed by atoms with Gasteiger partial charge in [0.1, 0.15) is 23.0 Å². The van der Waals surface area contributed by atoms with Crippen molar-refractivity contribution in [2.75, 3.05) is 14.2 Å². The van der Waals surface area contributed by atoms with Crippen LogP contribution in [0.15, 0.2) is 58.0 Å². The number of furan rings is 1. The molecule has 0 aliphatic carbocycles. The normalized spacial score (nSPS) is 10.8. The molecule has 30 heavy (non-hydrogen) atoms. The van der Waals surface area contributed by atoms with Gasteiger partial charge in [0.25, 0.3) is 5.91 Å². The van der Waals surface area contributed by atoms with Gasteiger partial charge in [0, 0.05) is 11.6 Å². The zero-order valence-corrected chi connectivity index (χ0v) is 16.8. The molecule has 3 rings (SSSR count). The van der Waals surface area contributed by atoms with E-state index in [9.17, 15) is 14.7 Å². The maximum absolute atomic E-state index is 12.3. The number of carbonyl (C=O) groups excluding carboxylic acids is 1. The average Bonchev–Trinajstić information content (AvgIpc) is 3.22. The summed E-state index contributed by atoms with van der Waals surface area (Å²) in [6, 6.07) is 12.6. The topological polar surface area (TPSA) is 110 Å². The number of carboxylic acid groups (broad SMARTS) is 1. The van der Waals surface area contributed by atoms with Crippen LogP contribution in [-0.4, -0.2) is 37.4 Å². The molecular weight excluding hydrogens is 412 g/mol. The zero-order valence-electron chi connectivity index (χ0n) is 16.0. The number of nitrogens with one attached hydrogen (secondary N) is 1. The van der Waals surface area contributed by atoms with Crippen LogP contribution in [-0.2, 0) is 0 Å². The standard InChI is InChI=1S/C21H17ClN2O6/c1-28-13-4-6-15(19(10-13)29-2)20(25)24-23-11-14-5-8-18(30-14)12-3-7-17(22)16(9-12)21(26)27/h3-11H,1-2H3,(H,24,25)(H,26,27). The molecule has 0 spiro atoms. The molecule has 1 heterocycles. The third-order valence-electron chi connectivity index (χ3n) is 4.12. The summed E-state index contributed by atoms with van der Waals surface area (Å²) in [7, 11) is 2.97. The molecule has 0 unspecified atom stereocenters. The fourth-order valence-corrected chi connectivity index (χ4v) is 2.82. The molecule has 154 valence electrons. The van der Waals surface area contributed by atoms with E-state index in [2.05, 4.69) is 10.5 Å². The van der Waals surface area contributed by atoms with Gasteiger partial charge in [-0.25, -0.2) is 10.2 Å². The Hall–Kier alpha value is -3.78. The SMILES string of the molecule is COc1ccc(C(=O)NN=Cc2ccc(-c3ccc(Cl)c(C(=O)O)c3)o2)c(OC)c1. The van der Waals surface area contributed by atoms with E-state index in [1.54, 1.807) is 36.4 Å². The Kier molecular flexibility index (Phi) is 6.38. The van der Waals surface area contributed by atoms with Gasteiger partial charge in [0.2, 0.25) is 0 Å². The van der Waals surface area contributed by atoms with Crippen molar-refractivity contribution in [2.45, 2.75) is 0 Å². The lowest BCUT2D eigenvalue weighted by Gasteiger charge is -2.08. The molecule has 0 fully saturated rings. The maximum Gasteiger partial charge on any atom is 0.337 e. The Balaban J connectivity index is 1.71. The predicted molar refractivity (Wildman–Crippen MR) is 111 cm³/mol. The molecule has 2 aromatic carbocycles. The van der Waals surface area contributed by atoms with Crippen LogP contribution in [0.1, 0.15) is 26.5 Å². The number of benzene rings is 2. The predicted octanol–water partition coefficient (Wildman–Crippen LogP) is 4.08. The largest absolute Gasteiger partial charge is 0.497 e. The number of hydrazone groups is 1. The Labute approximate surface area is 176 Å². The van der Waals surface area contributed by atoms with Crippen LogP contribution in [0.5, 0.6) is 11.5 Å². The first kappa shape index (κ1) is 20.9. The minimum absolute atomic E-state index is 0.0264. The molecule has 1 aromatic heterocycles. The van der Waals surface area contributed by atoms with E-state index >= 15 is 0 Å². The number of nitrogens with zero attached hydrogens (tertiary/aromatic N) is 1. The molecule has 3 aromatic rings. The minimum atomic E-state index is -1.13. The fourth-order valence-electron chi connectivity index (χ4n) is 2.62. The number of amides is 1. The van der Waals surface area contributed by atoms with E-state index < -0.39 is 11.9 Å². The van der Waals surface area contributed by atoms with Gasteiger partial charge in [-0.15, -0.1) is 0 Å². The number of methoxy groups -OCH3 is 2. The number of ether oxygens (including phenoxy) is 2. The van der Waals surface area contributed by atoms with Crippen LogP contribution >= 0.6 is 11.6 Å². The fraction of sp³-hybridized carbons (Fsp3) is 0.0952. The molecule has 1 amide bonds. The molecule has 0 bridgehead atoms. The summed E-state index contributed by atoms with van der Waals surface area (Å²) in [6.07, 6.45) is 1.32. The van der Waals surface area contributed by atoms with Crippen molar-refractivity contribution in [3.8, 4) is 22.8 Å². The minimum Gasteiger partial charge on any atom is -0.497 e. The monoisotopic (exact) mass is 428 g/mol. The molecule has 8 nitrogen and oxygen atoms in total. The Morgan fingerprint density at radius 3 is 2.57 bits per heavy atom. The van der Waals surface area contributed by atoms with Crippen LogP contribution in [0.3, 0.4) is 0 Å². The second-order valence-corrected chi connectivity index (χ2v) is 6.37. The summed E-state index contributed by atoms with van der Waals surface area (Å²) in [6.45, 7) is 0. The van der Waals surface area contributed by atoms with Crippen LogP contribution in [0.2, 0.25) is 5.02 Å². The van der Waals surface area contributed by atoms with Crippen molar-refractivity contribution < 1.29 is 28.6 Å². The number of hydrogen-bond acceptors (Lipinski definition) is 6.